The lowest BCUT2D eigenvalue weighted by Gasteiger charge is -2.23. The fraction of sp³-hybridized carbons (Fsp3) is 0.571. The van der Waals surface area contributed by atoms with Crippen LogP contribution in [-0.2, 0) is 11.2 Å². The molecule has 1 fully saturated rings. The molecule has 3 rings (SSSR count). The Balaban J connectivity index is 2.15. The molecule has 0 aromatic carbocycles. The molecule has 2 aromatic rings. The molecule has 1 saturated heterocycles. The molecule has 7 heteroatoms. The summed E-state index contributed by atoms with van der Waals surface area (Å²) in [5.74, 6) is 0.382. The maximum absolute atomic E-state index is 14.8. The van der Waals surface area contributed by atoms with Crippen LogP contribution in [0.15, 0.2) is 12.5 Å². The van der Waals surface area contributed by atoms with Crippen LogP contribution in [0.25, 0.3) is 11.0 Å². The van der Waals surface area contributed by atoms with Gasteiger partial charge in [0.25, 0.3) is 0 Å². The molecule has 2 aromatic heterocycles. The van der Waals surface area contributed by atoms with Gasteiger partial charge in [-0.3, -0.25) is 0 Å². The van der Waals surface area contributed by atoms with E-state index in [9.17, 15) is 9.50 Å². The first-order valence-electron chi connectivity index (χ1n) is 7.03. The molecular weight excluding hydrogens is 275 g/mol. The van der Waals surface area contributed by atoms with Gasteiger partial charge in [-0.25, -0.2) is 14.4 Å². The number of ether oxygens (including phenoxy) is 1. The molecule has 1 aliphatic heterocycles. The molecule has 3 unspecified atom stereocenters. The number of hydrogen-bond acceptors (Lipinski definition) is 5. The Labute approximate surface area is 121 Å². The van der Waals surface area contributed by atoms with Crippen molar-refractivity contribution in [2.75, 3.05) is 12.3 Å². The lowest BCUT2D eigenvalue weighted by Crippen LogP contribution is -2.27. The molecule has 6 nitrogen and oxygen atoms in total. The number of alkyl halides is 1. The van der Waals surface area contributed by atoms with Gasteiger partial charge in [0.05, 0.1) is 18.1 Å². The summed E-state index contributed by atoms with van der Waals surface area (Å²) >= 11 is 0. The van der Waals surface area contributed by atoms with Gasteiger partial charge in [-0.1, -0.05) is 6.92 Å². The van der Waals surface area contributed by atoms with E-state index < -0.39 is 18.0 Å². The molecule has 3 N–H and O–H groups in total. The quantitative estimate of drug-likeness (QED) is 0.897. The molecule has 21 heavy (non-hydrogen) atoms. The summed E-state index contributed by atoms with van der Waals surface area (Å²) in [4.78, 5) is 8.24. The maximum atomic E-state index is 14.8. The molecule has 1 aliphatic rings. The van der Waals surface area contributed by atoms with Crippen molar-refractivity contribution in [2.45, 2.75) is 44.7 Å². The lowest BCUT2D eigenvalue weighted by molar-refractivity contribution is -0.0562. The highest BCUT2D eigenvalue weighted by Crippen LogP contribution is 2.43. The summed E-state index contributed by atoms with van der Waals surface area (Å²) in [5.41, 5.74) is 5.86. The zero-order valence-electron chi connectivity index (χ0n) is 12.1. The van der Waals surface area contributed by atoms with Crippen LogP contribution in [0.1, 0.15) is 32.1 Å². The Morgan fingerprint density at radius 2 is 2.33 bits per heavy atom. The number of nitrogens with two attached hydrogens (primary N) is 1. The van der Waals surface area contributed by atoms with Crippen LogP contribution in [0.2, 0.25) is 0 Å². The number of aryl methyl sites for hydroxylation is 1. The van der Waals surface area contributed by atoms with Crippen molar-refractivity contribution in [1.82, 2.24) is 14.5 Å². The van der Waals surface area contributed by atoms with Gasteiger partial charge in [0.15, 0.2) is 11.9 Å². The van der Waals surface area contributed by atoms with E-state index in [0.29, 0.717) is 11.5 Å². The van der Waals surface area contributed by atoms with Gasteiger partial charge >= 0.3 is 0 Å². The van der Waals surface area contributed by atoms with Gasteiger partial charge in [-0.05, 0) is 18.9 Å². The van der Waals surface area contributed by atoms with E-state index >= 15 is 0 Å². The first kappa shape index (κ1) is 14.2. The van der Waals surface area contributed by atoms with Gasteiger partial charge in [0.1, 0.15) is 17.8 Å². The van der Waals surface area contributed by atoms with Crippen LogP contribution < -0.4 is 5.73 Å². The minimum absolute atomic E-state index is 0.149. The van der Waals surface area contributed by atoms with Crippen LogP contribution in [0.5, 0.6) is 0 Å². The minimum Gasteiger partial charge on any atom is -0.394 e. The number of fused-ring (bicyclic) bond motifs is 1. The van der Waals surface area contributed by atoms with Crippen molar-refractivity contribution in [3.8, 4) is 0 Å². The van der Waals surface area contributed by atoms with Crippen molar-refractivity contribution < 1.29 is 14.2 Å². The summed E-state index contributed by atoms with van der Waals surface area (Å²) in [6, 6.07) is 0. The molecule has 0 saturated carbocycles. The second-order valence-corrected chi connectivity index (χ2v) is 5.65. The standard InChI is InChI=1S/C14H19FN4O2/c1-3-8-5-19(12-10(8)11(16)17-7-18-12)13-14(2,15)4-9(6-20)21-13/h5,7,9,13,20H,3-4,6H2,1-2H3,(H2,16,17,18). The Morgan fingerprint density at radius 1 is 1.57 bits per heavy atom. The number of nitrogens with zero attached hydrogens (tertiary/aromatic N) is 3. The summed E-state index contributed by atoms with van der Waals surface area (Å²) in [7, 11) is 0. The highest BCUT2D eigenvalue weighted by atomic mass is 19.1. The molecule has 3 heterocycles. The Bertz CT molecular complexity index is 670. The number of rotatable bonds is 3. The minimum atomic E-state index is -1.58. The predicted octanol–water partition coefficient (Wildman–Crippen LogP) is 1.58. The number of halogens is 1. The second-order valence-electron chi connectivity index (χ2n) is 5.65. The first-order chi connectivity index (χ1) is 9.97. The van der Waals surface area contributed by atoms with Crippen molar-refractivity contribution >= 4 is 16.9 Å². The van der Waals surface area contributed by atoms with E-state index in [1.807, 2.05) is 13.1 Å². The third kappa shape index (κ3) is 2.16. The third-order valence-electron chi connectivity index (χ3n) is 4.02. The molecule has 114 valence electrons. The normalized spacial score (nSPS) is 29.3. The van der Waals surface area contributed by atoms with Crippen LogP contribution in [0.3, 0.4) is 0 Å². The fourth-order valence-corrected chi connectivity index (χ4v) is 3.02. The number of aliphatic hydroxyl groups is 1. The molecule has 0 bridgehead atoms. The molecular formula is C14H19FN4O2. The maximum Gasteiger partial charge on any atom is 0.169 e. The SMILES string of the molecule is CCc1cn(C2OC(CO)CC2(C)F)c2ncnc(N)c12. The van der Waals surface area contributed by atoms with Gasteiger partial charge in [-0.15, -0.1) is 0 Å². The van der Waals surface area contributed by atoms with Crippen molar-refractivity contribution in [2.24, 2.45) is 0 Å². The Morgan fingerprint density at radius 3 is 2.95 bits per heavy atom. The van der Waals surface area contributed by atoms with E-state index in [-0.39, 0.29) is 13.0 Å². The van der Waals surface area contributed by atoms with E-state index in [1.54, 1.807) is 4.57 Å². The van der Waals surface area contributed by atoms with E-state index in [1.165, 1.54) is 13.3 Å². The van der Waals surface area contributed by atoms with Crippen molar-refractivity contribution in [3.05, 3.63) is 18.1 Å². The number of aromatic nitrogens is 3. The molecule has 0 radical (unpaired) electrons. The Hall–Kier alpha value is -1.73. The Kier molecular flexibility index (Phi) is 3.33. The number of aliphatic hydroxyl groups excluding tert-OH is 1. The highest BCUT2D eigenvalue weighted by Gasteiger charge is 2.47. The number of anilines is 1. The van der Waals surface area contributed by atoms with E-state index in [0.717, 1.165) is 17.4 Å². The second kappa shape index (κ2) is 4.92. The third-order valence-corrected chi connectivity index (χ3v) is 4.02. The molecule has 0 amide bonds. The average Bonchev–Trinajstić information content (AvgIpc) is 2.96. The van der Waals surface area contributed by atoms with Crippen molar-refractivity contribution in [3.63, 3.8) is 0 Å². The average molecular weight is 294 g/mol. The van der Waals surface area contributed by atoms with E-state index in [2.05, 4.69) is 9.97 Å². The summed E-state index contributed by atoms with van der Waals surface area (Å²) in [5, 5.41) is 9.97. The smallest absolute Gasteiger partial charge is 0.169 e. The number of nitrogen functional groups attached to an aromatic ring is 1. The highest BCUT2D eigenvalue weighted by molar-refractivity contribution is 5.89. The zero-order chi connectivity index (χ0) is 15.2. The van der Waals surface area contributed by atoms with Gasteiger partial charge in [0.2, 0.25) is 0 Å². The lowest BCUT2D eigenvalue weighted by atomic mass is 10.0. The largest absolute Gasteiger partial charge is 0.394 e. The van der Waals surface area contributed by atoms with Crippen LogP contribution in [0, 0.1) is 0 Å². The predicted molar refractivity (Wildman–Crippen MR) is 76.4 cm³/mol. The topological polar surface area (TPSA) is 86.2 Å². The van der Waals surface area contributed by atoms with Gasteiger partial charge in [-0.2, -0.15) is 0 Å². The molecule has 0 aliphatic carbocycles. The summed E-state index contributed by atoms with van der Waals surface area (Å²) < 4.78 is 22.1. The summed E-state index contributed by atoms with van der Waals surface area (Å²) in [6.07, 6.45) is 2.73. The van der Waals surface area contributed by atoms with E-state index in [4.69, 9.17) is 10.5 Å². The van der Waals surface area contributed by atoms with Crippen LogP contribution >= 0.6 is 0 Å². The first-order valence-corrected chi connectivity index (χ1v) is 7.03. The molecule has 0 spiro atoms. The van der Waals surface area contributed by atoms with Crippen molar-refractivity contribution in [1.29, 1.82) is 0 Å². The zero-order valence-corrected chi connectivity index (χ0v) is 12.1. The number of hydrogen-bond donors (Lipinski definition) is 2. The van der Waals surface area contributed by atoms with Crippen LogP contribution in [0.4, 0.5) is 10.2 Å². The fourth-order valence-electron chi connectivity index (χ4n) is 3.02. The van der Waals surface area contributed by atoms with Crippen LogP contribution in [-0.4, -0.2) is 38.0 Å². The van der Waals surface area contributed by atoms with Gasteiger partial charge < -0.3 is 20.1 Å². The summed E-state index contributed by atoms with van der Waals surface area (Å²) in [6.45, 7) is 3.27. The monoisotopic (exact) mass is 294 g/mol. The molecule has 3 atom stereocenters. The van der Waals surface area contributed by atoms with Gasteiger partial charge in [0, 0.05) is 12.6 Å².